The molecule has 0 radical (unpaired) electrons. The van der Waals surface area contributed by atoms with E-state index in [1.165, 1.54) is 0 Å². The second-order valence-corrected chi connectivity index (χ2v) is 2.29. The average Bonchev–Trinajstić information content (AvgIpc) is 2.03. The lowest BCUT2D eigenvalue weighted by Gasteiger charge is -2.04. The molecule has 0 unspecified atom stereocenters. The lowest BCUT2D eigenvalue weighted by Crippen LogP contribution is -2.07. The van der Waals surface area contributed by atoms with Crippen molar-refractivity contribution in [3.8, 4) is 0 Å². The number of aromatic nitrogens is 2. The second kappa shape index (κ2) is 3.26. The minimum absolute atomic E-state index is 0.0120. The summed E-state index contributed by atoms with van der Waals surface area (Å²) in [6, 6.07) is 0. The van der Waals surface area contributed by atoms with Gasteiger partial charge in [0.25, 0.3) is 0 Å². The highest BCUT2D eigenvalue weighted by Gasteiger charge is 2.31. The Kier molecular flexibility index (Phi) is 2.52. The van der Waals surface area contributed by atoms with Gasteiger partial charge >= 0.3 is 6.18 Å². The highest BCUT2D eigenvalue weighted by Crippen LogP contribution is 2.27. The molecule has 0 aromatic carbocycles. The number of alkyl halides is 4. The molecule has 66 valence electrons. The van der Waals surface area contributed by atoms with Crippen LogP contribution in [0.3, 0.4) is 0 Å². The van der Waals surface area contributed by atoms with Gasteiger partial charge in [0, 0.05) is 12.4 Å². The molecule has 0 saturated carbocycles. The average molecular weight is 197 g/mol. The third kappa shape index (κ3) is 2.07. The van der Waals surface area contributed by atoms with Gasteiger partial charge in [-0.1, -0.05) is 0 Å². The standard InChI is InChI=1S/C6H4ClF3N2/c7-1-5-11-2-4(3-12-5)6(8,9)10/h2-3H,1H2. The van der Waals surface area contributed by atoms with E-state index < -0.39 is 11.7 Å². The second-order valence-electron chi connectivity index (χ2n) is 2.02. The van der Waals surface area contributed by atoms with E-state index >= 15 is 0 Å². The molecular weight excluding hydrogens is 193 g/mol. The van der Waals surface area contributed by atoms with Crippen LogP contribution >= 0.6 is 11.6 Å². The molecule has 0 saturated heterocycles. The predicted octanol–water partition coefficient (Wildman–Crippen LogP) is 2.23. The van der Waals surface area contributed by atoms with Crippen LogP contribution in [-0.2, 0) is 12.1 Å². The summed E-state index contributed by atoms with van der Waals surface area (Å²) in [4.78, 5) is 6.80. The first-order valence-corrected chi connectivity index (χ1v) is 3.51. The molecule has 1 heterocycles. The minimum atomic E-state index is -4.38. The van der Waals surface area contributed by atoms with Crippen LogP contribution < -0.4 is 0 Å². The third-order valence-corrected chi connectivity index (χ3v) is 1.39. The van der Waals surface area contributed by atoms with Crippen molar-refractivity contribution < 1.29 is 13.2 Å². The fraction of sp³-hybridized carbons (Fsp3) is 0.333. The van der Waals surface area contributed by atoms with Crippen molar-refractivity contribution in [2.45, 2.75) is 12.1 Å². The fourth-order valence-electron chi connectivity index (χ4n) is 0.570. The Balaban J connectivity index is 2.93. The molecule has 1 aromatic rings. The van der Waals surface area contributed by atoms with Gasteiger partial charge in [-0.15, -0.1) is 11.6 Å². The van der Waals surface area contributed by atoms with E-state index in [0.29, 0.717) is 12.4 Å². The highest BCUT2D eigenvalue weighted by atomic mass is 35.5. The van der Waals surface area contributed by atoms with Crippen LogP contribution in [0, 0.1) is 0 Å². The van der Waals surface area contributed by atoms with Crippen molar-refractivity contribution in [2.75, 3.05) is 0 Å². The molecule has 0 atom stereocenters. The molecule has 1 aromatic heterocycles. The van der Waals surface area contributed by atoms with Crippen LogP contribution in [-0.4, -0.2) is 9.97 Å². The maximum Gasteiger partial charge on any atom is 0.419 e. The first kappa shape index (κ1) is 9.25. The number of halogens is 4. The van der Waals surface area contributed by atoms with Crippen LogP contribution in [0.5, 0.6) is 0 Å². The molecule has 6 heteroatoms. The Morgan fingerprint density at radius 1 is 1.25 bits per heavy atom. The smallest absolute Gasteiger partial charge is 0.239 e. The number of hydrogen-bond donors (Lipinski definition) is 0. The van der Waals surface area contributed by atoms with Gasteiger partial charge < -0.3 is 0 Å². The molecule has 0 aliphatic heterocycles. The molecule has 12 heavy (non-hydrogen) atoms. The van der Waals surface area contributed by atoms with E-state index in [2.05, 4.69) is 9.97 Å². The van der Waals surface area contributed by atoms with Gasteiger partial charge in [-0.3, -0.25) is 0 Å². The summed E-state index contributed by atoms with van der Waals surface area (Å²) in [6.45, 7) is 0. The molecule has 0 N–H and O–H groups in total. The van der Waals surface area contributed by atoms with Crippen molar-refractivity contribution >= 4 is 11.6 Å². The minimum Gasteiger partial charge on any atom is -0.239 e. The zero-order valence-corrected chi connectivity index (χ0v) is 6.52. The van der Waals surface area contributed by atoms with Crippen LogP contribution in [0.4, 0.5) is 13.2 Å². The summed E-state index contributed by atoms with van der Waals surface area (Å²) in [5.41, 5.74) is -0.864. The summed E-state index contributed by atoms with van der Waals surface area (Å²) >= 11 is 5.29. The van der Waals surface area contributed by atoms with Crippen LogP contribution in [0.1, 0.15) is 11.4 Å². The Bertz CT molecular complexity index is 256. The molecule has 0 fully saturated rings. The topological polar surface area (TPSA) is 25.8 Å². The first-order chi connectivity index (χ1) is 5.54. The van der Waals surface area contributed by atoms with Crippen molar-refractivity contribution in [2.24, 2.45) is 0 Å². The van der Waals surface area contributed by atoms with Gasteiger partial charge in [-0.2, -0.15) is 13.2 Å². The van der Waals surface area contributed by atoms with E-state index in [0.717, 1.165) is 0 Å². The number of rotatable bonds is 1. The van der Waals surface area contributed by atoms with E-state index in [1.54, 1.807) is 0 Å². The van der Waals surface area contributed by atoms with Crippen molar-refractivity contribution in [1.29, 1.82) is 0 Å². The van der Waals surface area contributed by atoms with E-state index in [4.69, 9.17) is 11.6 Å². The maximum atomic E-state index is 11.9. The van der Waals surface area contributed by atoms with Gasteiger partial charge in [0.05, 0.1) is 11.4 Å². The Morgan fingerprint density at radius 2 is 1.75 bits per heavy atom. The van der Waals surface area contributed by atoms with E-state index in [-0.39, 0.29) is 11.7 Å². The third-order valence-electron chi connectivity index (χ3n) is 1.15. The Hall–Kier alpha value is -0.840. The lowest BCUT2D eigenvalue weighted by molar-refractivity contribution is -0.138. The molecule has 2 nitrogen and oxygen atoms in total. The van der Waals surface area contributed by atoms with Gasteiger partial charge in [-0.05, 0) is 0 Å². The van der Waals surface area contributed by atoms with Gasteiger partial charge in [-0.25, -0.2) is 9.97 Å². The van der Waals surface area contributed by atoms with Crippen LogP contribution in [0.25, 0.3) is 0 Å². The monoisotopic (exact) mass is 196 g/mol. The van der Waals surface area contributed by atoms with Crippen molar-refractivity contribution in [3.05, 3.63) is 23.8 Å². The van der Waals surface area contributed by atoms with Crippen LogP contribution in [0.15, 0.2) is 12.4 Å². The zero-order chi connectivity index (χ0) is 9.19. The molecule has 0 aliphatic rings. The van der Waals surface area contributed by atoms with Gasteiger partial charge in [0.1, 0.15) is 5.82 Å². The molecule has 0 spiro atoms. The van der Waals surface area contributed by atoms with Crippen LogP contribution in [0.2, 0.25) is 0 Å². The number of hydrogen-bond acceptors (Lipinski definition) is 2. The molecule has 1 rings (SSSR count). The summed E-state index contributed by atoms with van der Waals surface area (Å²) in [5, 5.41) is 0. The lowest BCUT2D eigenvalue weighted by atomic mass is 10.3. The Labute approximate surface area is 71.4 Å². The summed E-state index contributed by atoms with van der Waals surface area (Å²) in [7, 11) is 0. The largest absolute Gasteiger partial charge is 0.419 e. The SMILES string of the molecule is FC(F)(F)c1cnc(CCl)nc1. The summed E-state index contributed by atoms with van der Waals surface area (Å²) in [5.74, 6) is 0.197. The Morgan fingerprint density at radius 3 is 2.08 bits per heavy atom. The van der Waals surface area contributed by atoms with E-state index in [1.807, 2.05) is 0 Å². The molecule has 0 bridgehead atoms. The number of nitrogens with zero attached hydrogens (tertiary/aromatic N) is 2. The normalized spacial score (nSPS) is 11.7. The fourth-order valence-corrected chi connectivity index (χ4v) is 0.708. The first-order valence-electron chi connectivity index (χ1n) is 2.98. The van der Waals surface area contributed by atoms with Gasteiger partial charge in [0.15, 0.2) is 0 Å². The quantitative estimate of drug-likeness (QED) is 0.644. The maximum absolute atomic E-state index is 11.9. The summed E-state index contributed by atoms with van der Waals surface area (Å²) in [6.07, 6.45) is -2.96. The molecule has 0 amide bonds. The van der Waals surface area contributed by atoms with Gasteiger partial charge in [0.2, 0.25) is 0 Å². The predicted molar refractivity (Wildman–Crippen MR) is 36.6 cm³/mol. The van der Waals surface area contributed by atoms with Crippen molar-refractivity contribution in [3.63, 3.8) is 0 Å². The van der Waals surface area contributed by atoms with Crippen molar-refractivity contribution in [1.82, 2.24) is 9.97 Å². The molecule has 0 aliphatic carbocycles. The van der Waals surface area contributed by atoms with E-state index in [9.17, 15) is 13.2 Å². The highest BCUT2D eigenvalue weighted by molar-refractivity contribution is 6.16. The zero-order valence-electron chi connectivity index (χ0n) is 5.77. The summed E-state index contributed by atoms with van der Waals surface area (Å²) < 4.78 is 35.7. The molecular formula is C6H4ClF3N2.